The van der Waals surface area contributed by atoms with Crippen molar-refractivity contribution < 1.29 is 4.57 Å². The third-order valence-corrected chi connectivity index (χ3v) is 3.55. The van der Waals surface area contributed by atoms with Gasteiger partial charge in [-0.25, -0.2) is 9.67 Å². The van der Waals surface area contributed by atoms with E-state index in [4.69, 9.17) is 0 Å². The van der Waals surface area contributed by atoms with Gasteiger partial charge in [0.1, 0.15) is 18.2 Å². The SMILES string of the molecule is Cc1cc(Nc2ccc([P+](C)=O)cn2)c(=O)n(C)n1. The number of rotatable bonds is 3. The fourth-order valence-corrected chi connectivity index (χ4v) is 2.13. The van der Waals surface area contributed by atoms with Gasteiger partial charge < -0.3 is 5.32 Å². The van der Waals surface area contributed by atoms with Gasteiger partial charge in [0.15, 0.2) is 0 Å². The number of aromatic nitrogens is 3. The van der Waals surface area contributed by atoms with E-state index >= 15 is 0 Å². The highest BCUT2D eigenvalue weighted by Crippen LogP contribution is 2.15. The van der Waals surface area contributed by atoms with Crippen LogP contribution in [-0.4, -0.2) is 21.4 Å². The Morgan fingerprint density at radius 1 is 1.37 bits per heavy atom. The molecule has 6 nitrogen and oxygen atoms in total. The molecule has 1 unspecified atom stereocenters. The average Bonchev–Trinajstić information content (AvgIpc) is 2.36. The zero-order valence-corrected chi connectivity index (χ0v) is 11.8. The topological polar surface area (TPSA) is 76.9 Å². The monoisotopic (exact) mass is 277 g/mol. The Hall–Kier alpha value is -2.07. The molecule has 0 fully saturated rings. The Morgan fingerprint density at radius 3 is 2.68 bits per heavy atom. The first kappa shape index (κ1) is 13.4. The van der Waals surface area contributed by atoms with Gasteiger partial charge in [0.25, 0.3) is 5.56 Å². The second kappa shape index (κ2) is 5.28. The van der Waals surface area contributed by atoms with Crippen LogP contribution in [0.2, 0.25) is 0 Å². The molecular formula is C12H14N4O2P+. The van der Waals surface area contributed by atoms with Gasteiger partial charge in [0.05, 0.1) is 11.9 Å². The minimum absolute atomic E-state index is 0.224. The summed E-state index contributed by atoms with van der Waals surface area (Å²) in [4.78, 5) is 16.0. The minimum atomic E-state index is -1.40. The van der Waals surface area contributed by atoms with Gasteiger partial charge in [-0.3, -0.25) is 4.79 Å². The highest BCUT2D eigenvalue weighted by molar-refractivity contribution is 7.52. The Labute approximate surface area is 111 Å². The van der Waals surface area contributed by atoms with E-state index in [1.807, 2.05) is 6.92 Å². The zero-order chi connectivity index (χ0) is 14.0. The fourth-order valence-electron chi connectivity index (χ4n) is 1.63. The Bertz CT molecular complexity index is 679. The van der Waals surface area contributed by atoms with Gasteiger partial charge in [-0.2, -0.15) is 5.10 Å². The predicted molar refractivity (Wildman–Crippen MR) is 74.9 cm³/mol. The molecule has 0 saturated heterocycles. The summed E-state index contributed by atoms with van der Waals surface area (Å²) in [5.74, 6) is 0.531. The molecule has 0 amide bonds. The molecular weight excluding hydrogens is 263 g/mol. The fraction of sp³-hybridized carbons (Fsp3) is 0.250. The van der Waals surface area contributed by atoms with E-state index in [0.717, 1.165) is 5.69 Å². The molecule has 19 heavy (non-hydrogen) atoms. The van der Waals surface area contributed by atoms with Crippen molar-refractivity contribution in [1.82, 2.24) is 14.8 Å². The summed E-state index contributed by atoms with van der Waals surface area (Å²) >= 11 is 0. The van der Waals surface area contributed by atoms with Gasteiger partial charge in [-0.15, -0.1) is 0 Å². The van der Waals surface area contributed by atoms with Crippen molar-refractivity contribution in [3.8, 4) is 0 Å². The molecule has 7 heteroatoms. The molecule has 0 saturated carbocycles. The lowest BCUT2D eigenvalue weighted by atomic mass is 10.3. The van der Waals surface area contributed by atoms with Crippen LogP contribution in [0.3, 0.4) is 0 Å². The summed E-state index contributed by atoms with van der Waals surface area (Å²) < 4.78 is 12.6. The van der Waals surface area contributed by atoms with E-state index in [2.05, 4.69) is 15.4 Å². The van der Waals surface area contributed by atoms with Crippen molar-refractivity contribution in [3.05, 3.63) is 40.4 Å². The summed E-state index contributed by atoms with van der Waals surface area (Å²) in [7, 11) is 0.196. The molecule has 0 aromatic carbocycles. The van der Waals surface area contributed by atoms with Gasteiger partial charge in [-0.05, 0) is 25.1 Å². The van der Waals surface area contributed by atoms with Crippen LogP contribution in [0.1, 0.15) is 5.69 Å². The molecule has 2 aromatic rings. The van der Waals surface area contributed by atoms with Crippen molar-refractivity contribution >= 4 is 24.6 Å². The van der Waals surface area contributed by atoms with Crippen LogP contribution in [0, 0.1) is 6.92 Å². The van der Waals surface area contributed by atoms with Crippen molar-refractivity contribution in [3.63, 3.8) is 0 Å². The first-order valence-corrected chi connectivity index (χ1v) is 7.37. The molecule has 2 aromatic heterocycles. The first-order chi connectivity index (χ1) is 8.97. The summed E-state index contributed by atoms with van der Waals surface area (Å²) in [6, 6.07) is 5.09. The van der Waals surface area contributed by atoms with Gasteiger partial charge >= 0.3 is 7.80 Å². The van der Waals surface area contributed by atoms with Crippen LogP contribution in [-0.2, 0) is 11.6 Å². The summed E-state index contributed by atoms with van der Waals surface area (Å²) in [5.41, 5.74) is 0.923. The van der Waals surface area contributed by atoms with Crippen LogP contribution in [0.4, 0.5) is 11.5 Å². The number of aryl methyl sites for hydroxylation is 2. The molecule has 0 spiro atoms. The maximum absolute atomic E-state index is 11.9. The smallest absolute Gasteiger partial charge is 0.336 e. The lowest BCUT2D eigenvalue weighted by Crippen LogP contribution is -2.23. The highest BCUT2D eigenvalue weighted by Gasteiger charge is 2.12. The van der Waals surface area contributed by atoms with E-state index in [9.17, 15) is 9.36 Å². The number of anilines is 2. The molecule has 0 radical (unpaired) electrons. The maximum atomic E-state index is 11.9. The summed E-state index contributed by atoms with van der Waals surface area (Å²) in [6.45, 7) is 3.43. The van der Waals surface area contributed by atoms with Crippen LogP contribution in [0.25, 0.3) is 0 Å². The molecule has 1 N–H and O–H groups in total. The zero-order valence-electron chi connectivity index (χ0n) is 10.9. The van der Waals surface area contributed by atoms with Crippen LogP contribution >= 0.6 is 7.80 Å². The highest BCUT2D eigenvalue weighted by atomic mass is 31.1. The molecule has 2 heterocycles. The molecule has 0 aliphatic rings. The largest absolute Gasteiger partial charge is 0.375 e. The Morgan fingerprint density at radius 2 is 2.11 bits per heavy atom. The summed E-state index contributed by atoms with van der Waals surface area (Å²) in [6.07, 6.45) is 1.54. The number of pyridine rings is 1. The maximum Gasteiger partial charge on any atom is 0.375 e. The first-order valence-electron chi connectivity index (χ1n) is 5.66. The van der Waals surface area contributed by atoms with E-state index in [-0.39, 0.29) is 5.56 Å². The molecule has 0 aliphatic heterocycles. The third kappa shape index (κ3) is 3.03. The van der Waals surface area contributed by atoms with Crippen molar-refractivity contribution in [1.29, 1.82) is 0 Å². The van der Waals surface area contributed by atoms with E-state index < -0.39 is 7.80 Å². The van der Waals surface area contributed by atoms with E-state index in [0.29, 0.717) is 16.8 Å². The quantitative estimate of drug-likeness (QED) is 0.856. The lowest BCUT2D eigenvalue weighted by molar-refractivity contribution is 0.596. The minimum Gasteiger partial charge on any atom is -0.336 e. The standard InChI is InChI=1S/C12H14N4O2P/c1-8-6-10(12(17)16(2)15-8)14-11-5-4-9(7-13-11)19(3)18/h4-7H,1-3H3,(H,13,14)/q+1. The third-order valence-electron chi connectivity index (χ3n) is 2.56. The van der Waals surface area contributed by atoms with E-state index in [1.165, 1.54) is 4.68 Å². The Kier molecular flexibility index (Phi) is 3.71. The molecule has 1 atom stereocenters. The van der Waals surface area contributed by atoms with E-state index in [1.54, 1.807) is 38.1 Å². The molecule has 98 valence electrons. The number of nitrogens with one attached hydrogen (secondary N) is 1. The van der Waals surface area contributed by atoms with Crippen LogP contribution < -0.4 is 16.2 Å². The second-order valence-electron chi connectivity index (χ2n) is 4.15. The van der Waals surface area contributed by atoms with Crippen molar-refractivity contribution in [2.45, 2.75) is 6.92 Å². The normalized spacial score (nSPS) is 11.2. The number of hydrogen-bond acceptors (Lipinski definition) is 5. The number of hydrogen-bond donors (Lipinski definition) is 1. The Balaban J connectivity index is 2.31. The average molecular weight is 277 g/mol. The van der Waals surface area contributed by atoms with Gasteiger partial charge in [-0.1, -0.05) is 4.57 Å². The molecule has 2 rings (SSSR count). The van der Waals surface area contributed by atoms with Crippen LogP contribution in [0.5, 0.6) is 0 Å². The number of nitrogens with zero attached hydrogens (tertiary/aromatic N) is 3. The second-order valence-corrected chi connectivity index (χ2v) is 5.66. The summed E-state index contributed by atoms with van der Waals surface area (Å²) in [5, 5.41) is 7.64. The molecule has 0 aliphatic carbocycles. The van der Waals surface area contributed by atoms with Crippen molar-refractivity contribution in [2.24, 2.45) is 7.05 Å². The molecule has 0 bridgehead atoms. The van der Waals surface area contributed by atoms with Gasteiger partial charge in [0.2, 0.25) is 5.30 Å². The lowest BCUT2D eigenvalue weighted by Gasteiger charge is -2.06. The van der Waals surface area contributed by atoms with Gasteiger partial charge in [0, 0.05) is 7.05 Å². The predicted octanol–water partition coefficient (Wildman–Crippen LogP) is 1.31. The van der Waals surface area contributed by atoms with Crippen LogP contribution in [0.15, 0.2) is 29.2 Å². The van der Waals surface area contributed by atoms with Crippen molar-refractivity contribution in [2.75, 3.05) is 12.0 Å².